The second-order valence-electron chi connectivity index (χ2n) is 5.23. The van der Waals surface area contributed by atoms with Crippen molar-refractivity contribution < 1.29 is 14.3 Å². The Bertz CT molecular complexity index is 733. The number of nitrogens with zero attached hydrogens (tertiary/aromatic N) is 2. The number of aryl methyl sites for hydroxylation is 1. The molecule has 2 rings (SSSR count). The lowest BCUT2D eigenvalue weighted by atomic mass is 10.1. The minimum atomic E-state index is -0.338. The highest BCUT2D eigenvalue weighted by Crippen LogP contribution is 2.29. The topological polar surface area (TPSA) is 81.2 Å². The average Bonchev–Trinajstić information content (AvgIpc) is 3.04. The molecule has 1 unspecified atom stereocenters. The molecule has 0 bridgehead atoms. The van der Waals surface area contributed by atoms with E-state index in [1.807, 2.05) is 38.1 Å². The number of anilines is 1. The van der Waals surface area contributed by atoms with E-state index in [9.17, 15) is 9.59 Å². The van der Waals surface area contributed by atoms with Gasteiger partial charge in [-0.15, -0.1) is 22.0 Å². The van der Waals surface area contributed by atoms with Crippen molar-refractivity contribution in [3.05, 3.63) is 29.8 Å². The van der Waals surface area contributed by atoms with Gasteiger partial charge < -0.3 is 4.74 Å². The van der Waals surface area contributed by atoms with Gasteiger partial charge in [-0.3, -0.25) is 14.9 Å². The van der Waals surface area contributed by atoms with Crippen molar-refractivity contribution in [1.29, 1.82) is 0 Å². The van der Waals surface area contributed by atoms with Gasteiger partial charge in [-0.05, 0) is 25.8 Å². The summed E-state index contributed by atoms with van der Waals surface area (Å²) in [5.74, 6) is -0.328. The van der Waals surface area contributed by atoms with Gasteiger partial charge in [-0.2, -0.15) is 0 Å². The summed E-state index contributed by atoms with van der Waals surface area (Å²) in [4.78, 5) is 23.8. The minimum Gasteiger partial charge on any atom is -0.465 e. The van der Waals surface area contributed by atoms with Gasteiger partial charge in [0.15, 0.2) is 0 Å². The highest BCUT2D eigenvalue weighted by Gasteiger charge is 2.20. The van der Waals surface area contributed by atoms with Crippen molar-refractivity contribution in [2.75, 3.05) is 17.7 Å². The van der Waals surface area contributed by atoms with Crippen LogP contribution in [0.5, 0.6) is 0 Å². The van der Waals surface area contributed by atoms with Crippen LogP contribution >= 0.6 is 23.1 Å². The second kappa shape index (κ2) is 9.53. The molecular formula is C17H21N3O3S2. The van der Waals surface area contributed by atoms with Gasteiger partial charge >= 0.3 is 5.97 Å². The zero-order valence-corrected chi connectivity index (χ0v) is 16.1. The van der Waals surface area contributed by atoms with Crippen LogP contribution in [0.4, 0.5) is 5.13 Å². The SMILES string of the molecule is CCOC(=O)CSC(CC)C(=O)Nc1nnc(-c2ccccc2C)s1. The maximum atomic E-state index is 12.4. The first-order chi connectivity index (χ1) is 12.0. The molecule has 0 saturated heterocycles. The zero-order valence-electron chi connectivity index (χ0n) is 14.4. The summed E-state index contributed by atoms with van der Waals surface area (Å²) in [6.45, 7) is 6.01. The van der Waals surface area contributed by atoms with E-state index in [1.165, 1.54) is 23.1 Å². The number of esters is 1. The number of hydrogen-bond acceptors (Lipinski definition) is 7. The van der Waals surface area contributed by atoms with Crippen LogP contribution in [0, 0.1) is 6.92 Å². The van der Waals surface area contributed by atoms with Crippen molar-refractivity contribution in [1.82, 2.24) is 10.2 Å². The molecular weight excluding hydrogens is 358 g/mol. The molecule has 8 heteroatoms. The third kappa shape index (κ3) is 5.54. The van der Waals surface area contributed by atoms with E-state index in [2.05, 4.69) is 15.5 Å². The van der Waals surface area contributed by atoms with Crippen molar-refractivity contribution in [2.45, 2.75) is 32.4 Å². The summed E-state index contributed by atoms with van der Waals surface area (Å²) in [7, 11) is 0. The number of carbonyl (C=O) groups is 2. The highest BCUT2D eigenvalue weighted by molar-refractivity contribution is 8.01. The molecule has 0 aliphatic carbocycles. The molecule has 0 spiro atoms. The number of aromatic nitrogens is 2. The molecule has 1 amide bonds. The predicted molar refractivity (Wildman–Crippen MR) is 102 cm³/mol. The Morgan fingerprint density at radius 1 is 1.28 bits per heavy atom. The molecule has 1 aromatic heterocycles. The van der Waals surface area contributed by atoms with Crippen LogP contribution in [-0.4, -0.2) is 39.7 Å². The predicted octanol–water partition coefficient (Wildman–Crippen LogP) is 3.53. The summed E-state index contributed by atoms with van der Waals surface area (Å²) in [6.07, 6.45) is 0.610. The Balaban J connectivity index is 1.98. The quantitative estimate of drug-likeness (QED) is 0.707. The second-order valence-corrected chi connectivity index (χ2v) is 7.40. The van der Waals surface area contributed by atoms with Crippen molar-refractivity contribution in [3.63, 3.8) is 0 Å². The lowest BCUT2D eigenvalue weighted by Gasteiger charge is -2.12. The molecule has 25 heavy (non-hydrogen) atoms. The van der Waals surface area contributed by atoms with E-state index >= 15 is 0 Å². The number of amides is 1. The van der Waals surface area contributed by atoms with Crippen LogP contribution < -0.4 is 5.32 Å². The van der Waals surface area contributed by atoms with E-state index in [0.29, 0.717) is 18.2 Å². The van der Waals surface area contributed by atoms with Gasteiger partial charge in [0.2, 0.25) is 11.0 Å². The van der Waals surface area contributed by atoms with Crippen LogP contribution in [-0.2, 0) is 14.3 Å². The summed E-state index contributed by atoms with van der Waals surface area (Å²) in [5.41, 5.74) is 2.11. The van der Waals surface area contributed by atoms with E-state index in [1.54, 1.807) is 6.92 Å². The van der Waals surface area contributed by atoms with Crippen LogP contribution in [0.2, 0.25) is 0 Å². The van der Waals surface area contributed by atoms with E-state index in [-0.39, 0.29) is 22.9 Å². The third-order valence-electron chi connectivity index (χ3n) is 3.40. The monoisotopic (exact) mass is 379 g/mol. The van der Waals surface area contributed by atoms with Crippen LogP contribution in [0.15, 0.2) is 24.3 Å². The van der Waals surface area contributed by atoms with Crippen LogP contribution in [0.3, 0.4) is 0 Å². The Morgan fingerprint density at radius 3 is 2.72 bits per heavy atom. The first kappa shape index (κ1) is 19.4. The number of benzene rings is 1. The minimum absolute atomic E-state index is 0.157. The number of hydrogen-bond donors (Lipinski definition) is 1. The number of rotatable bonds is 8. The summed E-state index contributed by atoms with van der Waals surface area (Å²) >= 11 is 2.61. The lowest BCUT2D eigenvalue weighted by molar-refractivity contribution is -0.139. The summed E-state index contributed by atoms with van der Waals surface area (Å²) in [5, 5.41) is 11.9. The van der Waals surface area contributed by atoms with Crippen LogP contribution in [0.1, 0.15) is 25.8 Å². The molecule has 134 valence electrons. The van der Waals surface area contributed by atoms with Gasteiger partial charge in [0.1, 0.15) is 5.01 Å². The normalized spacial score (nSPS) is 11.8. The number of thioether (sulfide) groups is 1. The molecule has 1 N–H and O–H groups in total. The maximum absolute atomic E-state index is 12.4. The molecule has 0 aliphatic rings. The van der Waals surface area contributed by atoms with Crippen molar-refractivity contribution in [3.8, 4) is 10.6 Å². The highest BCUT2D eigenvalue weighted by atomic mass is 32.2. The van der Waals surface area contributed by atoms with Gasteiger partial charge in [-0.25, -0.2) is 0 Å². The number of carbonyl (C=O) groups excluding carboxylic acids is 2. The zero-order chi connectivity index (χ0) is 18.2. The van der Waals surface area contributed by atoms with Crippen molar-refractivity contribution >= 4 is 40.1 Å². The molecule has 6 nitrogen and oxygen atoms in total. The van der Waals surface area contributed by atoms with E-state index in [4.69, 9.17) is 4.74 Å². The van der Waals surface area contributed by atoms with Crippen LogP contribution in [0.25, 0.3) is 10.6 Å². The van der Waals surface area contributed by atoms with Gasteiger partial charge in [0.05, 0.1) is 17.6 Å². The fourth-order valence-electron chi connectivity index (χ4n) is 2.13. The first-order valence-corrected chi connectivity index (χ1v) is 9.89. The standard InChI is InChI=1S/C17H21N3O3S2/c1-4-13(24-10-14(21)23-5-2)15(22)18-17-20-19-16(25-17)12-9-7-6-8-11(12)3/h6-9,13H,4-5,10H2,1-3H3,(H,18,20,22). The van der Waals surface area contributed by atoms with Crippen molar-refractivity contribution in [2.24, 2.45) is 0 Å². The molecule has 2 aromatic rings. The number of ether oxygens (including phenoxy) is 1. The fraction of sp³-hybridized carbons (Fsp3) is 0.412. The Hall–Kier alpha value is -1.93. The lowest BCUT2D eigenvalue weighted by Crippen LogP contribution is -2.26. The molecule has 0 saturated carbocycles. The fourth-order valence-corrected chi connectivity index (χ4v) is 3.84. The Labute approximate surface area is 155 Å². The molecule has 1 heterocycles. The Morgan fingerprint density at radius 2 is 2.04 bits per heavy atom. The molecule has 1 aromatic carbocycles. The average molecular weight is 380 g/mol. The smallest absolute Gasteiger partial charge is 0.315 e. The largest absolute Gasteiger partial charge is 0.465 e. The summed E-state index contributed by atoms with van der Waals surface area (Å²) < 4.78 is 4.89. The molecule has 0 aliphatic heterocycles. The molecule has 1 atom stereocenters. The molecule has 0 fully saturated rings. The third-order valence-corrected chi connectivity index (χ3v) is 5.63. The Kier molecular flexibility index (Phi) is 7.39. The van der Waals surface area contributed by atoms with Gasteiger partial charge in [-0.1, -0.05) is 42.5 Å². The first-order valence-electron chi connectivity index (χ1n) is 8.02. The number of nitrogens with one attached hydrogen (secondary N) is 1. The van der Waals surface area contributed by atoms with E-state index in [0.717, 1.165) is 16.1 Å². The summed E-state index contributed by atoms with van der Waals surface area (Å²) in [6, 6.07) is 7.90. The van der Waals surface area contributed by atoms with Gasteiger partial charge in [0.25, 0.3) is 0 Å². The molecule has 0 radical (unpaired) electrons. The van der Waals surface area contributed by atoms with Gasteiger partial charge in [0, 0.05) is 5.56 Å². The maximum Gasteiger partial charge on any atom is 0.315 e. The van der Waals surface area contributed by atoms with E-state index < -0.39 is 0 Å².